The molecule has 1 N–H and O–H groups in total. The van der Waals surface area contributed by atoms with Crippen molar-refractivity contribution in [3.05, 3.63) is 0 Å². The predicted octanol–water partition coefficient (Wildman–Crippen LogP) is 1.96. The van der Waals surface area contributed by atoms with Gasteiger partial charge in [0.1, 0.15) is 0 Å². The van der Waals surface area contributed by atoms with E-state index in [1.807, 2.05) is 7.05 Å². The van der Waals surface area contributed by atoms with Gasteiger partial charge in [0.2, 0.25) is 0 Å². The van der Waals surface area contributed by atoms with Gasteiger partial charge in [-0.25, -0.2) is 0 Å². The Morgan fingerprint density at radius 1 is 1.53 bits per heavy atom. The maximum Gasteiger partial charge on any atom is 0.307 e. The summed E-state index contributed by atoms with van der Waals surface area (Å²) in [6, 6.07) is 0. The molecule has 0 bridgehead atoms. The van der Waals surface area contributed by atoms with E-state index in [1.54, 1.807) is 0 Å². The van der Waals surface area contributed by atoms with Gasteiger partial charge in [-0.1, -0.05) is 13.8 Å². The maximum atomic E-state index is 11.4. The summed E-state index contributed by atoms with van der Waals surface area (Å²) in [4.78, 5) is 11.4. The van der Waals surface area contributed by atoms with Crippen LogP contribution in [0.3, 0.4) is 0 Å². The Morgan fingerprint density at radius 3 is 2.67 bits per heavy atom. The van der Waals surface area contributed by atoms with E-state index in [9.17, 15) is 4.79 Å². The molecule has 0 heterocycles. The van der Waals surface area contributed by atoms with Gasteiger partial charge in [0, 0.05) is 5.54 Å². The van der Waals surface area contributed by atoms with Crippen LogP contribution in [0.4, 0.5) is 0 Å². The van der Waals surface area contributed by atoms with Gasteiger partial charge in [-0.15, -0.1) is 0 Å². The molecule has 3 nitrogen and oxygen atoms in total. The van der Waals surface area contributed by atoms with E-state index >= 15 is 0 Å². The molecule has 1 saturated carbocycles. The monoisotopic (exact) mass is 213 g/mol. The van der Waals surface area contributed by atoms with Crippen molar-refractivity contribution in [2.24, 2.45) is 11.8 Å². The molecule has 0 saturated heterocycles. The second kappa shape index (κ2) is 4.97. The first-order valence-corrected chi connectivity index (χ1v) is 5.80. The second-order valence-electron chi connectivity index (χ2n) is 4.94. The van der Waals surface area contributed by atoms with Crippen molar-refractivity contribution in [1.29, 1.82) is 0 Å². The van der Waals surface area contributed by atoms with E-state index in [-0.39, 0.29) is 11.5 Å². The molecule has 0 aromatic carbocycles. The second-order valence-corrected chi connectivity index (χ2v) is 4.94. The van der Waals surface area contributed by atoms with E-state index in [0.29, 0.717) is 12.3 Å². The first kappa shape index (κ1) is 12.5. The lowest BCUT2D eigenvalue weighted by molar-refractivity contribution is -0.143. The fourth-order valence-electron chi connectivity index (χ4n) is 2.75. The topological polar surface area (TPSA) is 38.3 Å². The highest BCUT2D eigenvalue weighted by Gasteiger charge is 2.40. The molecule has 0 aromatic rings. The van der Waals surface area contributed by atoms with Crippen LogP contribution in [0.5, 0.6) is 0 Å². The number of esters is 1. The molecule has 0 aromatic heterocycles. The maximum absolute atomic E-state index is 11.4. The number of hydrogen-bond acceptors (Lipinski definition) is 3. The fraction of sp³-hybridized carbons (Fsp3) is 0.917. The highest BCUT2D eigenvalue weighted by molar-refractivity contribution is 5.70. The van der Waals surface area contributed by atoms with Crippen molar-refractivity contribution in [2.45, 2.75) is 45.1 Å². The minimum Gasteiger partial charge on any atom is -0.469 e. The van der Waals surface area contributed by atoms with Crippen LogP contribution in [0, 0.1) is 11.8 Å². The molecule has 3 unspecified atom stereocenters. The number of carbonyl (C=O) groups is 1. The van der Waals surface area contributed by atoms with Gasteiger partial charge in [-0.2, -0.15) is 0 Å². The van der Waals surface area contributed by atoms with Crippen LogP contribution < -0.4 is 5.32 Å². The molecule has 3 atom stereocenters. The lowest BCUT2D eigenvalue weighted by Crippen LogP contribution is -2.53. The molecule has 0 amide bonds. The Labute approximate surface area is 92.6 Å². The van der Waals surface area contributed by atoms with Gasteiger partial charge in [0.15, 0.2) is 0 Å². The zero-order valence-electron chi connectivity index (χ0n) is 10.3. The standard InChI is InChI=1S/C12H23NO2/c1-9-5-6-12(13-3,10(2)7-9)8-11(14)15-4/h9-10,13H,5-8H2,1-4H3. The Hall–Kier alpha value is -0.570. The molecule has 1 rings (SSSR count). The van der Waals surface area contributed by atoms with E-state index in [1.165, 1.54) is 20.0 Å². The fourth-order valence-corrected chi connectivity index (χ4v) is 2.75. The van der Waals surface area contributed by atoms with Crippen LogP contribution in [-0.4, -0.2) is 25.7 Å². The Kier molecular flexibility index (Phi) is 4.14. The lowest BCUT2D eigenvalue weighted by atomic mass is 9.68. The van der Waals surface area contributed by atoms with Crippen LogP contribution in [0.15, 0.2) is 0 Å². The van der Waals surface area contributed by atoms with E-state index in [2.05, 4.69) is 19.2 Å². The summed E-state index contributed by atoms with van der Waals surface area (Å²) in [5.41, 5.74) is -0.0421. The molecule has 0 spiro atoms. The third kappa shape index (κ3) is 2.71. The van der Waals surface area contributed by atoms with Crippen molar-refractivity contribution in [1.82, 2.24) is 5.32 Å². The van der Waals surface area contributed by atoms with E-state index < -0.39 is 0 Å². The number of rotatable bonds is 3. The molecule has 1 aliphatic rings. The lowest BCUT2D eigenvalue weighted by Gasteiger charge is -2.44. The summed E-state index contributed by atoms with van der Waals surface area (Å²) < 4.78 is 4.78. The molecular weight excluding hydrogens is 190 g/mol. The summed E-state index contributed by atoms with van der Waals surface area (Å²) in [6.07, 6.45) is 3.95. The van der Waals surface area contributed by atoms with E-state index in [0.717, 1.165) is 12.3 Å². The van der Waals surface area contributed by atoms with Gasteiger partial charge in [0.25, 0.3) is 0 Å². The summed E-state index contributed by atoms with van der Waals surface area (Å²) in [5.74, 6) is 1.20. The Balaban J connectivity index is 2.70. The number of hydrogen-bond donors (Lipinski definition) is 1. The van der Waals surface area contributed by atoms with Gasteiger partial charge >= 0.3 is 5.97 Å². The van der Waals surface area contributed by atoms with Crippen molar-refractivity contribution < 1.29 is 9.53 Å². The van der Waals surface area contributed by atoms with Crippen LogP contribution >= 0.6 is 0 Å². The summed E-state index contributed by atoms with van der Waals surface area (Å²) in [6.45, 7) is 4.52. The zero-order valence-corrected chi connectivity index (χ0v) is 10.3. The number of ether oxygens (including phenoxy) is 1. The SMILES string of the molecule is CNC1(CC(=O)OC)CCC(C)CC1C. The van der Waals surface area contributed by atoms with Crippen LogP contribution in [-0.2, 0) is 9.53 Å². The summed E-state index contributed by atoms with van der Waals surface area (Å²) in [5, 5.41) is 3.35. The quantitative estimate of drug-likeness (QED) is 0.728. The molecular formula is C12H23NO2. The smallest absolute Gasteiger partial charge is 0.307 e. The normalized spacial score (nSPS) is 36.3. The Bertz CT molecular complexity index is 230. The molecule has 1 fully saturated rings. The first-order chi connectivity index (χ1) is 7.04. The van der Waals surface area contributed by atoms with Crippen molar-refractivity contribution in [3.8, 4) is 0 Å². The van der Waals surface area contributed by atoms with Crippen LogP contribution in [0.2, 0.25) is 0 Å². The summed E-state index contributed by atoms with van der Waals surface area (Å²) in [7, 11) is 3.41. The van der Waals surface area contributed by atoms with Gasteiger partial charge in [-0.05, 0) is 38.1 Å². The third-order valence-electron chi connectivity index (χ3n) is 3.97. The van der Waals surface area contributed by atoms with Crippen molar-refractivity contribution in [3.63, 3.8) is 0 Å². The van der Waals surface area contributed by atoms with Crippen molar-refractivity contribution >= 4 is 5.97 Å². The first-order valence-electron chi connectivity index (χ1n) is 5.80. The molecule has 0 radical (unpaired) electrons. The average molecular weight is 213 g/mol. The molecule has 3 heteroatoms. The number of carbonyl (C=O) groups excluding carboxylic acids is 1. The highest BCUT2D eigenvalue weighted by Crippen LogP contribution is 2.38. The minimum absolute atomic E-state index is 0.0421. The van der Waals surface area contributed by atoms with Crippen LogP contribution in [0.25, 0.3) is 0 Å². The van der Waals surface area contributed by atoms with Crippen LogP contribution in [0.1, 0.15) is 39.5 Å². The van der Waals surface area contributed by atoms with Gasteiger partial charge < -0.3 is 10.1 Å². The van der Waals surface area contributed by atoms with E-state index in [4.69, 9.17) is 4.74 Å². The van der Waals surface area contributed by atoms with Gasteiger partial charge in [-0.3, -0.25) is 4.79 Å². The van der Waals surface area contributed by atoms with Gasteiger partial charge in [0.05, 0.1) is 13.5 Å². The van der Waals surface area contributed by atoms with Crippen molar-refractivity contribution in [2.75, 3.05) is 14.2 Å². The average Bonchev–Trinajstić information content (AvgIpc) is 2.22. The minimum atomic E-state index is -0.106. The number of methoxy groups -OCH3 is 1. The Morgan fingerprint density at radius 2 is 2.20 bits per heavy atom. The third-order valence-corrected chi connectivity index (χ3v) is 3.97. The summed E-state index contributed by atoms with van der Waals surface area (Å²) >= 11 is 0. The predicted molar refractivity (Wildman–Crippen MR) is 60.6 cm³/mol. The molecule has 88 valence electrons. The molecule has 1 aliphatic carbocycles. The number of nitrogens with one attached hydrogen (secondary N) is 1. The highest BCUT2D eigenvalue weighted by atomic mass is 16.5. The molecule has 15 heavy (non-hydrogen) atoms. The largest absolute Gasteiger partial charge is 0.469 e. The molecule has 0 aliphatic heterocycles. The zero-order chi connectivity index (χ0) is 11.5.